The molecule has 1 aliphatic heterocycles. The zero-order valence-corrected chi connectivity index (χ0v) is 22.6. The van der Waals surface area contributed by atoms with Crippen LogP contribution in [0.1, 0.15) is 5.56 Å². The van der Waals surface area contributed by atoms with Gasteiger partial charge in [0.25, 0.3) is 0 Å². The molecule has 218 valence electrons. The summed E-state index contributed by atoms with van der Waals surface area (Å²) in [6.07, 6.45) is 0.130. The van der Waals surface area contributed by atoms with Crippen molar-refractivity contribution >= 4 is 16.7 Å². The number of amides is 1. The normalized spacial score (nSPS) is 14.8. The monoisotopic (exact) mass is 629 g/mol. The summed E-state index contributed by atoms with van der Waals surface area (Å²) in [6, 6.07) is 13.5. The summed E-state index contributed by atoms with van der Waals surface area (Å²) in [5, 5.41) is 25.7. The molecule has 2 aromatic carbocycles. The van der Waals surface area contributed by atoms with Gasteiger partial charge in [0.05, 0.1) is 6.42 Å². The fourth-order valence-corrected chi connectivity index (χ4v) is 2.86. The van der Waals surface area contributed by atoms with Crippen molar-refractivity contribution in [1.29, 1.82) is 0 Å². The molecule has 1 saturated heterocycles. The third-order valence-electron chi connectivity index (χ3n) is 4.26. The second kappa shape index (κ2) is 22.5. The molecule has 1 amide bonds. The molecule has 1 aliphatic rings. The van der Waals surface area contributed by atoms with Crippen LogP contribution in [-0.2, 0) is 28.0 Å². The van der Waals surface area contributed by atoms with Gasteiger partial charge in [-0.1, -0.05) is 42.5 Å². The predicted octanol–water partition coefficient (Wildman–Crippen LogP) is -9.16. The van der Waals surface area contributed by atoms with Crippen molar-refractivity contribution in [3.8, 4) is 0 Å². The van der Waals surface area contributed by atoms with Crippen LogP contribution in [0.4, 0.5) is 0 Å². The van der Waals surface area contributed by atoms with E-state index in [1.165, 1.54) is 5.48 Å². The number of nitrogens with one attached hydrogen (secondary N) is 5. The zero-order valence-electron chi connectivity index (χ0n) is 20.1. The molecule has 1 heterocycles. The minimum atomic E-state index is -4.94. The van der Waals surface area contributed by atoms with E-state index in [4.69, 9.17) is 37.3 Å². The summed E-state index contributed by atoms with van der Waals surface area (Å²) in [5.41, 5.74) is 2.27. The Morgan fingerprint density at radius 1 is 0.658 bits per heavy atom. The Labute approximate surface area is 234 Å². The maximum absolute atomic E-state index is 11.0. The van der Waals surface area contributed by atoms with Crippen LogP contribution in [0.2, 0.25) is 0 Å². The number of rotatable bonds is 2. The van der Waals surface area contributed by atoms with Gasteiger partial charge in [-0.15, -0.1) is 20.5 Å². The average Bonchev–Trinajstić information content (AvgIpc) is 2.78. The van der Waals surface area contributed by atoms with Gasteiger partial charge >= 0.3 is 16.8 Å². The molecule has 38 heavy (non-hydrogen) atoms. The van der Waals surface area contributed by atoms with Gasteiger partial charge in [0, 0.05) is 52.4 Å². The smallest absolute Gasteiger partial charge is 0.759 e. The number of hydrogen-bond donors (Lipinski definition) is 5. The molecule has 2 aromatic rings. The van der Waals surface area contributed by atoms with Crippen molar-refractivity contribution in [3.63, 3.8) is 0 Å². The molecule has 0 saturated carbocycles. The van der Waals surface area contributed by atoms with E-state index in [0.29, 0.717) is 0 Å². The molecule has 5 N–H and O–H groups in total. The second-order valence-corrected chi connectivity index (χ2v) is 8.61. The van der Waals surface area contributed by atoms with Gasteiger partial charge in [-0.25, -0.2) is 37.3 Å². The van der Waals surface area contributed by atoms with Crippen LogP contribution in [0, 0.1) is 25.7 Å². The van der Waals surface area contributed by atoms with E-state index in [1.54, 1.807) is 0 Å². The summed E-state index contributed by atoms with van der Waals surface area (Å²) in [6.45, 7) is 8.57. The molecule has 0 unspecified atom stereocenters. The van der Waals surface area contributed by atoms with E-state index in [-0.39, 0.29) is 23.2 Å². The molecule has 0 aliphatic carbocycles. The van der Waals surface area contributed by atoms with Crippen molar-refractivity contribution in [3.05, 3.63) is 53.2 Å². The van der Waals surface area contributed by atoms with Gasteiger partial charge in [0.2, 0.25) is 5.91 Å². The first-order valence-corrected chi connectivity index (χ1v) is 13.2. The molecule has 0 radical (unpaired) electrons. The number of carbonyl (C=O) groups excluding carboxylic acids is 1. The third-order valence-corrected chi connectivity index (χ3v) is 4.26. The fourth-order valence-electron chi connectivity index (χ4n) is 2.86. The number of carbonyl (C=O) groups is 1. The molecular formula is C20H30Cl2CoN5O10. The molecule has 18 heteroatoms. The van der Waals surface area contributed by atoms with Crippen LogP contribution in [0.25, 0.3) is 10.8 Å². The van der Waals surface area contributed by atoms with E-state index in [9.17, 15) is 10.0 Å². The number of hydrogen-bond acceptors (Lipinski definition) is 14. The Balaban J connectivity index is 0. The summed E-state index contributed by atoms with van der Waals surface area (Å²) in [4.78, 5) is 11.0. The van der Waals surface area contributed by atoms with Crippen molar-refractivity contribution < 1.29 is 79.3 Å². The molecule has 0 spiro atoms. The van der Waals surface area contributed by atoms with Crippen LogP contribution in [0.5, 0.6) is 0 Å². The fraction of sp³-hybridized carbons (Fsp3) is 0.450. The first-order chi connectivity index (χ1) is 17.3. The summed E-state index contributed by atoms with van der Waals surface area (Å²) in [7, 11) is -9.89. The minimum absolute atomic E-state index is 0. The molecule has 0 atom stereocenters. The molecular weight excluding hydrogens is 600 g/mol. The molecule has 15 nitrogen and oxygen atoms in total. The molecule has 1 fully saturated rings. The SMILES string of the molecule is C1CNCCNCCNCCN1.O=C(Cc1cccc2ccccc12)N[O-].[Co+3].[O-][Cl+3]([O-])([O-])[O-].[O-][Cl+3]([O-])([O-])[O-]. The van der Waals surface area contributed by atoms with Crippen molar-refractivity contribution in [1.82, 2.24) is 26.7 Å². The Morgan fingerprint density at radius 2 is 1.00 bits per heavy atom. The number of fused-ring (bicyclic) bond motifs is 1. The van der Waals surface area contributed by atoms with Gasteiger partial charge < -0.3 is 32.0 Å². The topological polar surface area (TPSA) is 285 Å². The average molecular weight is 630 g/mol. The Hall–Kier alpha value is -1.26. The predicted molar refractivity (Wildman–Crippen MR) is 111 cm³/mol. The van der Waals surface area contributed by atoms with Gasteiger partial charge in [-0.05, 0) is 16.3 Å². The van der Waals surface area contributed by atoms with E-state index in [1.807, 2.05) is 42.5 Å². The maximum atomic E-state index is 11.0. The Bertz CT molecular complexity index is 806. The summed E-state index contributed by atoms with van der Waals surface area (Å²) in [5.74, 6) is -0.508. The minimum Gasteiger partial charge on any atom is -0.759 e. The van der Waals surface area contributed by atoms with Crippen molar-refractivity contribution in [2.24, 2.45) is 0 Å². The van der Waals surface area contributed by atoms with Gasteiger partial charge in [-0.2, -0.15) is 0 Å². The van der Waals surface area contributed by atoms with E-state index in [2.05, 4.69) is 21.3 Å². The van der Waals surface area contributed by atoms with Crippen LogP contribution in [0.15, 0.2) is 42.5 Å². The number of halogens is 2. The van der Waals surface area contributed by atoms with Crippen LogP contribution >= 0.6 is 0 Å². The van der Waals surface area contributed by atoms with E-state index >= 15 is 0 Å². The van der Waals surface area contributed by atoms with Crippen molar-refractivity contribution in [2.45, 2.75) is 6.42 Å². The van der Waals surface area contributed by atoms with Crippen LogP contribution in [-0.4, -0.2) is 58.3 Å². The van der Waals surface area contributed by atoms with Gasteiger partial charge in [0.1, 0.15) is 0 Å². The maximum Gasteiger partial charge on any atom is 3.00 e. The quantitative estimate of drug-likeness (QED) is 0.193. The molecule has 0 bridgehead atoms. The molecule has 0 aromatic heterocycles. The Kier molecular flexibility index (Phi) is 23.1. The largest absolute Gasteiger partial charge is 3.00 e. The first kappa shape index (κ1) is 38.9. The van der Waals surface area contributed by atoms with Crippen LogP contribution in [0.3, 0.4) is 0 Å². The third kappa shape index (κ3) is 27.8. The molecule has 3 rings (SSSR count). The van der Waals surface area contributed by atoms with Crippen LogP contribution < -0.4 is 64.0 Å². The summed E-state index contributed by atoms with van der Waals surface area (Å²) >= 11 is 0. The summed E-state index contributed by atoms with van der Waals surface area (Å²) < 4.78 is 67.9. The standard InChI is InChI=1S/C12H10NO2.C8H20N4.2ClHO4.Co/c14-12(13-15)8-10-6-3-5-9-4-1-2-7-11(9)10;1-2-10-5-6-12-8-7-11-4-3-9-1;2*2-1(3,4)5;/h1-7H,8H2,(H-,13,14,15);9-12H,1-8H2;2*(H,2,3,4,5);/q-1;;;;+3/p-2. The van der Waals surface area contributed by atoms with E-state index < -0.39 is 26.4 Å². The second-order valence-electron chi connectivity index (χ2n) is 7.10. The van der Waals surface area contributed by atoms with Gasteiger partial charge in [0.15, 0.2) is 0 Å². The first-order valence-electron chi connectivity index (χ1n) is 10.7. The van der Waals surface area contributed by atoms with Crippen molar-refractivity contribution in [2.75, 3.05) is 52.4 Å². The zero-order chi connectivity index (χ0) is 28.2. The number of benzene rings is 2. The van der Waals surface area contributed by atoms with Gasteiger partial charge in [-0.3, -0.25) is 4.79 Å². The number of hydroxylamine groups is 1. The Morgan fingerprint density at radius 3 is 1.37 bits per heavy atom. The van der Waals surface area contributed by atoms with E-state index in [0.717, 1.165) is 68.7 Å².